The van der Waals surface area contributed by atoms with Gasteiger partial charge in [0.2, 0.25) is 0 Å². The minimum absolute atomic E-state index is 0.0650. The maximum Gasteiger partial charge on any atom is 0.335 e. The number of aliphatic carboxylic acids is 1. The van der Waals surface area contributed by atoms with Gasteiger partial charge in [-0.25, -0.2) is 4.79 Å². The molecule has 1 saturated heterocycles. The molecule has 12 nitrogen and oxygen atoms in total. The largest absolute Gasteiger partial charge is 0.479 e. The highest BCUT2D eigenvalue weighted by molar-refractivity contribution is 5.74. The molecule has 0 amide bonds. The van der Waals surface area contributed by atoms with E-state index < -0.39 is 67.3 Å². The number of rotatable bonds is 48. The van der Waals surface area contributed by atoms with Crippen LogP contribution in [0.2, 0.25) is 0 Å². The Bertz CT molecular complexity index is 1300. The molecule has 0 aromatic heterocycles. The number of allylic oxidation sites excluding steroid dienone is 4. The predicted molar refractivity (Wildman–Crippen MR) is 276 cm³/mol. The quantitative estimate of drug-likeness (QED) is 0.0228. The fraction of sp³-hybridized carbons (Fsp3) is 0.860. The van der Waals surface area contributed by atoms with Gasteiger partial charge in [0.25, 0.3) is 0 Å². The lowest BCUT2D eigenvalue weighted by atomic mass is 9.98. The minimum atomic E-state index is -1.90. The highest BCUT2D eigenvalue weighted by Crippen LogP contribution is 2.26. The van der Waals surface area contributed by atoms with Crippen LogP contribution in [0.25, 0.3) is 0 Å². The first-order valence-corrected chi connectivity index (χ1v) is 28.3. The molecule has 3 N–H and O–H groups in total. The van der Waals surface area contributed by atoms with Crippen LogP contribution in [-0.4, -0.2) is 89.2 Å². The number of ether oxygens (including phenoxy) is 5. The lowest BCUT2D eigenvalue weighted by Gasteiger charge is -2.40. The smallest absolute Gasteiger partial charge is 0.335 e. The summed E-state index contributed by atoms with van der Waals surface area (Å²) in [4.78, 5) is 50.9. The van der Waals surface area contributed by atoms with Crippen LogP contribution in [0, 0.1) is 0 Å². The van der Waals surface area contributed by atoms with Crippen molar-refractivity contribution < 1.29 is 58.2 Å². The molecule has 0 aliphatic carbocycles. The zero-order valence-corrected chi connectivity index (χ0v) is 44.1. The van der Waals surface area contributed by atoms with E-state index in [1.165, 1.54) is 116 Å². The number of hydrogen-bond donors (Lipinski definition) is 3. The van der Waals surface area contributed by atoms with Gasteiger partial charge in [-0.1, -0.05) is 218 Å². The van der Waals surface area contributed by atoms with Crippen LogP contribution < -0.4 is 0 Å². The molecule has 0 aromatic carbocycles. The van der Waals surface area contributed by atoms with Crippen molar-refractivity contribution in [2.75, 3.05) is 13.2 Å². The van der Waals surface area contributed by atoms with Gasteiger partial charge >= 0.3 is 23.9 Å². The molecule has 6 atom stereocenters. The average molecular weight is 979 g/mol. The van der Waals surface area contributed by atoms with Crippen LogP contribution in [0.3, 0.4) is 0 Å². The van der Waals surface area contributed by atoms with Gasteiger partial charge < -0.3 is 39.0 Å². The van der Waals surface area contributed by atoms with E-state index in [4.69, 9.17) is 23.7 Å². The summed E-state index contributed by atoms with van der Waals surface area (Å²) in [6.45, 7) is 5.95. The standard InChI is InChI=1S/C57H102O12/c1-4-7-10-13-16-19-22-24-25-27-29-31-34-37-40-43-49(58)65-46-48(67-50(59)44-41-38-35-33-30-26-23-20-17-14-11-8-5-2)47-66-57-55(53(62)52(61)54(69-57)56(63)64)68-51(60)45-42-39-36-32-28-21-18-15-12-9-6-3/h16,19,24-25,48,52-55,57,61-62H,4-15,17-18,20-23,26-47H2,1-3H3,(H,63,64)/b19-16-,25-24-. The van der Waals surface area contributed by atoms with Gasteiger partial charge in [0.05, 0.1) is 6.61 Å². The van der Waals surface area contributed by atoms with E-state index in [-0.39, 0.29) is 25.9 Å². The zero-order chi connectivity index (χ0) is 50.4. The van der Waals surface area contributed by atoms with Gasteiger partial charge in [0.15, 0.2) is 24.6 Å². The number of esters is 3. The van der Waals surface area contributed by atoms with E-state index in [0.29, 0.717) is 19.3 Å². The number of carbonyl (C=O) groups is 4. The van der Waals surface area contributed by atoms with Crippen molar-refractivity contribution in [2.45, 2.75) is 302 Å². The molecule has 0 saturated carbocycles. The molecule has 1 rings (SSSR count). The topological polar surface area (TPSA) is 175 Å². The first-order valence-electron chi connectivity index (χ1n) is 28.3. The summed E-state index contributed by atoms with van der Waals surface area (Å²) in [6.07, 6.45) is 38.7. The highest BCUT2D eigenvalue weighted by atomic mass is 16.7. The van der Waals surface area contributed by atoms with E-state index >= 15 is 0 Å². The van der Waals surface area contributed by atoms with Gasteiger partial charge in [0.1, 0.15) is 18.8 Å². The van der Waals surface area contributed by atoms with Crippen molar-refractivity contribution in [2.24, 2.45) is 0 Å². The Hall–Kier alpha value is -2.80. The molecule has 0 spiro atoms. The second-order valence-electron chi connectivity index (χ2n) is 19.6. The van der Waals surface area contributed by atoms with Crippen molar-refractivity contribution in [3.63, 3.8) is 0 Å². The van der Waals surface area contributed by atoms with Gasteiger partial charge in [0, 0.05) is 19.3 Å². The van der Waals surface area contributed by atoms with E-state index in [1.54, 1.807) is 0 Å². The first-order chi connectivity index (χ1) is 33.6. The lowest BCUT2D eigenvalue weighted by molar-refractivity contribution is -0.301. The van der Waals surface area contributed by atoms with Gasteiger partial charge in [-0.05, 0) is 51.4 Å². The number of hydrogen-bond acceptors (Lipinski definition) is 11. The van der Waals surface area contributed by atoms with Crippen molar-refractivity contribution in [1.82, 2.24) is 0 Å². The lowest BCUT2D eigenvalue weighted by Crippen LogP contribution is -2.61. The molecule has 0 radical (unpaired) electrons. The summed E-state index contributed by atoms with van der Waals surface area (Å²) in [5.74, 6) is -3.11. The highest BCUT2D eigenvalue weighted by Gasteiger charge is 2.50. The summed E-state index contributed by atoms with van der Waals surface area (Å²) >= 11 is 0. The molecule has 6 unspecified atom stereocenters. The predicted octanol–water partition coefficient (Wildman–Crippen LogP) is 13.9. The number of aliphatic hydroxyl groups is 2. The summed E-state index contributed by atoms with van der Waals surface area (Å²) < 4.78 is 28.4. The van der Waals surface area contributed by atoms with Gasteiger partial charge in [-0.15, -0.1) is 0 Å². The maximum absolute atomic E-state index is 13.1. The van der Waals surface area contributed by atoms with E-state index in [1.807, 2.05) is 0 Å². The Morgan fingerprint density at radius 3 is 1.33 bits per heavy atom. The van der Waals surface area contributed by atoms with E-state index in [0.717, 1.165) is 89.9 Å². The molecule has 1 fully saturated rings. The van der Waals surface area contributed by atoms with Crippen LogP contribution in [0.1, 0.15) is 265 Å². The number of carboxylic acid groups (broad SMARTS) is 1. The third-order valence-corrected chi connectivity index (χ3v) is 13.0. The summed E-state index contributed by atoms with van der Waals surface area (Å²) in [6, 6.07) is 0. The van der Waals surface area contributed by atoms with Crippen molar-refractivity contribution in [3.8, 4) is 0 Å². The normalized spacial score (nSPS) is 18.8. The zero-order valence-electron chi connectivity index (χ0n) is 44.1. The van der Waals surface area contributed by atoms with Crippen LogP contribution >= 0.6 is 0 Å². The summed E-state index contributed by atoms with van der Waals surface area (Å²) in [5.41, 5.74) is 0. The van der Waals surface area contributed by atoms with Crippen LogP contribution in [-0.2, 0) is 42.9 Å². The first kappa shape index (κ1) is 64.2. The number of unbranched alkanes of at least 4 members (excludes halogenated alkanes) is 30. The molecule has 1 heterocycles. The molecule has 402 valence electrons. The number of aliphatic hydroxyl groups excluding tert-OH is 2. The Labute approximate surface area is 419 Å². The number of carboxylic acids is 1. The third kappa shape index (κ3) is 36.7. The summed E-state index contributed by atoms with van der Waals surface area (Å²) in [7, 11) is 0. The fourth-order valence-corrected chi connectivity index (χ4v) is 8.63. The second kappa shape index (κ2) is 46.3. The Balaban J connectivity index is 2.71. The SMILES string of the molecule is CCCCC/C=C\C/C=C\CCCCCCCC(=O)OCC(COC1OC(C(=O)O)C(O)C(O)C1OC(=O)CCCCCCCCCCCCC)OC(=O)CCCCCCCCCCCCCCC. The monoisotopic (exact) mass is 979 g/mol. The van der Waals surface area contributed by atoms with Crippen LogP contribution in [0.4, 0.5) is 0 Å². The average Bonchev–Trinajstić information content (AvgIpc) is 3.33. The Morgan fingerprint density at radius 2 is 0.870 bits per heavy atom. The third-order valence-electron chi connectivity index (χ3n) is 13.0. The molecule has 0 bridgehead atoms. The molecule has 1 aliphatic heterocycles. The van der Waals surface area contributed by atoms with E-state index in [9.17, 15) is 34.5 Å². The molecule has 12 heteroatoms. The van der Waals surface area contributed by atoms with Crippen molar-refractivity contribution >= 4 is 23.9 Å². The van der Waals surface area contributed by atoms with Crippen molar-refractivity contribution in [1.29, 1.82) is 0 Å². The molecule has 1 aliphatic rings. The Kier molecular flexibility index (Phi) is 43.1. The second-order valence-corrected chi connectivity index (χ2v) is 19.6. The molecule has 69 heavy (non-hydrogen) atoms. The fourth-order valence-electron chi connectivity index (χ4n) is 8.63. The van der Waals surface area contributed by atoms with Gasteiger partial charge in [-0.3, -0.25) is 14.4 Å². The maximum atomic E-state index is 13.1. The minimum Gasteiger partial charge on any atom is -0.479 e. The van der Waals surface area contributed by atoms with E-state index in [2.05, 4.69) is 45.1 Å². The van der Waals surface area contributed by atoms with Crippen molar-refractivity contribution in [3.05, 3.63) is 24.3 Å². The molecular formula is C57H102O12. The molecular weight excluding hydrogens is 877 g/mol. The molecule has 0 aromatic rings. The van der Waals surface area contributed by atoms with Crippen LogP contribution in [0.5, 0.6) is 0 Å². The van der Waals surface area contributed by atoms with Crippen LogP contribution in [0.15, 0.2) is 24.3 Å². The number of carbonyl (C=O) groups excluding carboxylic acids is 3. The summed E-state index contributed by atoms with van der Waals surface area (Å²) in [5, 5.41) is 31.4. The Morgan fingerprint density at radius 1 is 0.478 bits per heavy atom. The van der Waals surface area contributed by atoms with Gasteiger partial charge in [-0.2, -0.15) is 0 Å².